The van der Waals surface area contributed by atoms with Crippen LogP contribution in [0.1, 0.15) is 39.5 Å². The number of benzene rings is 1. The van der Waals surface area contributed by atoms with E-state index in [1.165, 1.54) is 0 Å². The Kier molecular flexibility index (Phi) is 5.12. The molecule has 0 atom stereocenters. The topological polar surface area (TPSA) is 64.3 Å². The monoisotopic (exact) mass is 310 g/mol. The van der Waals surface area contributed by atoms with Crippen LogP contribution in [0, 0.1) is 5.41 Å². The van der Waals surface area contributed by atoms with Crippen molar-refractivity contribution in [2.24, 2.45) is 5.41 Å². The molecule has 0 heterocycles. The maximum absolute atomic E-state index is 11.9. The van der Waals surface area contributed by atoms with Gasteiger partial charge in [-0.25, -0.2) is 0 Å². The number of carbonyl (C=O) groups excluding carboxylic acids is 1. The summed E-state index contributed by atoms with van der Waals surface area (Å²) >= 11 is 6.01. The average Bonchev–Trinajstić information content (AvgIpc) is 2.42. The molecule has 1 amide bonds. The molecule has 1 fully saturated rings. The molecule has 116 valence electrons. The lowest BCUT2D eigenvalue weighted by Gasteiger charge is -2.34. The number of hydrogen-bond acceptors (Lipinski definition) is 3. The average molecular weight is 311 g/mol. The van der Waals surface area contributed by atoms with Gasteiger partial charge in [-0.3, -0.25) is 4.79 Å². The van der Waals surface area contributed by atoms with E-state index in [0.717, 1.165) is 25.7 Å². The summed E-state index contributed by atoms with van der Waals surface area (Å²) in [7, 11) is 0. The van der Waals surface area contributed by atoms with Gasteiger partial charge in [0.2, 0.25) is 5.91 Å². The van der Waals surface area contributed by atoms with Gasteiger partial charge in [-0.05, 0) is 49.3 Å². The van der Waals surface area contributed by atoms with E-state index in [-0.39, 0.29) is 18.6 Å². The van der Waals surface area contributed by atoms with E-state index in [4.69, 9.17) is 22.1 Å². The molecule has 1 aliphatic carbocycles. The Hall–Kier alpha value is -1.26. The molecule has 1 aromatic rings. The van der Waals surface area contributed by atoms with Crippen molar-refractivity contribution in [2.45, 2.75) is 45.6 Å². The van der Waals surface area contributed by atoms with Crippen LogP contribution in [0.3, 0.4) is 0 Å². The Bertz CT molecular complexity index is 507. The summed E-state index contributed by atoms with van der Waals surface area (Å²) in [5, 5.41) is 3.20. The predicted molar refractivity (Wildman–Crippen MR) is 86.5 cm³/mol. The standard InChI is InChI=1S/C16H23ClN2O2/c1-16(2)7-5-12(6-8-16)21-10-15(20)19-14-9-11(18)3-4-13(14)17/h3-4,9,12H,5-8,10,18H2,1-2H3,(H,19,20). The lowest BCUT2D eigenvalue weighted by atomic mass is 9.76. The molecule has 0 aliphatic heterocycles. The molecule has 1 saturated carbocycles. The summed E-state index contributed by atoms with van der Waals surface area (Å²) in [5.41, 5.74) is 7.16. The lowest BCUT2D eigenvalue weighted by Crippen LogP contribution is -2.29. The van der Waals surface area contributed by atoms with Crippen molar-refractivity contribution >= 4 is 28.9 Å². The summed E-state index contributed by atoms with van der Waals surface area (Å²) in [6, 6.07) is 5.00. The van der Waals surface area contributed by atoms with Crippen molar-refractivity contribution in [1.29, 1.82) is 0 Å². The molecule has 0 spiro atoms. The molecular formula is C16H23ClN2O2. The van der Waals surface area contributed by atoms with E-state index in [1.807, 2.05) is 0 Å². The number of halogens is 1. The third kappa shape index (κ3) is 4.90. The number of rotatable bonds is 4. The van der Waals surface area contributed by atoms with Gasteiger partial charge in [-0.2, -0.15) is 0 Å². The zero-order valence-electron chi connectivity index (χ0n) is 12.6. The molecule has 0 radical (unpaired) electrons. The first-order valence-corrected chi connectivity index (χ1v) is 7.70. The Labute approximate surface area is 131 Å². The van der Waals surface area contributed by atoms with Gasteiger partial charge in [-0.1, -0.05) is 25.4 Å². The summed E-state index contributed by atoms with van der Waals surface area (Å²) in [6.45, 7) is 4.60. The predicted octanol–water partition coefficient (Wildman–Crippen LogP) is 3.85. The van der Waals surface area contributed by atoms with Crippen LogP contribution in [0.15, 0.2) is 18.2 Å². The van der Waals surface area contributed by atoms with Gasteiger partial charge in [0, 0.05) is 5.69 Å². The van der Waals surface area contributed by atoms with E-state index in [2.05, 4.69) is 19.2 Å². The molecule has 1 aromatic carbocycles. The zero-order chi connectivity index (χ0) is 15.5. The molecular weight excluding hydrogens is 288 g/mol. The van der Waals surface area contributed by atoms with Gasteiger partial charge in [0.1, 0.15) is 6.61 Å². The van der Waals surface area contributed by atoms with Gasteiger partial charge in [0.25, 0.3) is 0 Å². The molecule has 3 N–H and O–H groups in total. The summed E-state index contributed by atoms with van der Waals surface area (Å²) in [6.07, 6.45) is 4.49. The molecule has 0 saturated heterocycles. The van der Waals surface area contributed by atoms with Crippen molar-refractivity contribution in [3.8, 4) is 0 Å². The summed E-state index contributed by atoms with van der Waals surface area (Å²) in [5.74, 6) is -0.202. The fourth-order valence-corrected chi connectivity index (χ4v) is 2.72. The van der Waals surface area contributed by atoms with Crippen molar-refractivity contribution < 1.29 is 9.53 Å². The fourth-order valence-electron chi connectivity index (χ4n) is 2.56. The number of amides is 1. The summed E-state index contributed by atoms with van der Waals surface area (Å²) < 4.78 is 5.69. The molecule has 5 heteroatoms. The van der Waals surface area contributed by atoms with Gasteiger partial charge in [0.15, 0.2) is 0 Å². The van der Waals surface area contributed by atoms with E-state index >= 15 is 0 Å². The van der Waals surface area contributed by atoms with Crippen LogP contribution in [0.5, 0.6) is 0 Å². The number of ether oxygens (including phenoxy) is 1. The molecule has 0 aromatic heterocycles. The maximum atomic E-state index is 11.9. The van der Waals surface area contributed by atoms with Crippen molar-refractivity contribution in [2.75, 3.05) is 17.7 Å². The van der Waals surface area contributed by atoms with Crippen LogP contribution in [0.4, 0.5) is 11.4 Å². The van der Waals surface area contributed by atoms with Crippen LogP contribution >= 0.6 is 11.6 Å². The Balaban J connectivity index is 1.79. The quantitative estimate of drug-likeness (QED) is 0.830. The molecule has 0 unspecified atom stereocenters. The third-order valence-corrected chi connectivity index (χ3v) is 4.33. The highest BCUT2D eigenvalue weighted by molar-refractivity contribution is 6.33. The molecule has 1 aliphatic rings. The number of hydrogen-bond donors (Lipinski definition) is 2. The third-order valence-electron chi connectivity index (χ3n) is 4.00. The first-order chi connectivity index (χ1) is 9.85. The summed E-state index contributed by atoms with van der Waals surface area (Å²) in [4.78, 5) is 11.9. The zero-order valence-corrected chi connectivity index (χ0v) is 13.4. The van der Waals surface area contributed by atoms with Gasteiger partial charge >= 0.3 is 0 Å². The molecule has 2 rings (SSSR count). The highest BCUT2D eigenvalue weighted by Gasteiger charge is 2.27. The minimum Gasteiger partial charge on any atom is -0.399 e. The molecule has 21 heavy (non-hydrogen) atoms. The normalized spacial score (nSPS) is 18.4. The SMILES string of the molecule is CC1(C)CCC(OCC(=O)Nc2cc(N)ccc2Cl)CC1. The van der Waals surface area contributed by atoms with E-state index in [1.54, 1.807) is 18.2 Å². The van der Waals surface area contributed by atoms with Crippen LogP contribution in [0.25, 0.3) is 0 Å². The van der Waals surface area contributed by atoms with Crippen molar-refractivity contribution in [3.63, 3.8) is 0 Å². The highest BCUT2D eigenvalue weighted by atomic mass is 35.5. The lowest BCUT2D eigenvalue weighted by molar-refractivity contribution is -0.123. The largest absolute Gasteiger partial charge is 0.399 e. The van der Waals surface area contributed by atoms with E-state index in [9.17, 15) is 4.79 Å². The molecule has 0 bridgehead atoms. The van der Waals surface area contributed by atoms with Crippen LogP contribution in [0.2, 0.25) is 5.02 Å². The number of carbonyl (C=O) groups is 1. The Morgan fingerprint density at radius 2 is 2.10 bits per heavy atom. The number of nitrogens with one attached hydrogen (secondary N) is 1. The second kappa shape index (κ2) is 6.67. The number of nitrogens with two attached hydrogens (primary N) is 1. The van der Waals surface area contributed by atoms with Crippen molar-refractivity contribution in [1.82, 2.24) is 0 Å². The second-order valence-corrected chi connectivity index (χ2v) is 6.87. The van der Waals surface area contributed by atoms with Crippen LogP contribution in [-0.4, -0.2) is 18.6 Å². The maximum Gasteiger partial charge on any atom is 0.250 e. The van der Waals surface area contributed by atoms with E-state index in [0.29, 0.717) is 21.8 Å². The van der Waals surface area contributed by atoms with Gasteiger partial charge in [-0.15, -0.1) is 0 Å². The second-order valence-electron chi connectivity index (χ2n) is 6.46. The van der Waals surface area contributed by atoms with Gasteiger partial charge < -0.3 is 15.8 Å². The first-order valence-electron chi connectivity index (χ1n) is 7.32. The van der Waals surface area contributed by atoms with Crippen molar-refractivity contribution in [3.05, 3.63) is 23.2 Å². The Morgan fingerprint density at radius 1 is 1.43 bits per heavy atom. The number of anilines is 2. The van der Waals surface area contributed by atoms with Crippen LogP contribution in [-0.2, 0) is 9.53 Å². The highest BCUT2D eigenvalue weighted by Crippen LogP contribution is 2.36. The van der Waals surface area contributed by atoms with Crippen LogP contribution < -0.4 is 11.1 Å². The molecule has 4 nitrogen and oxygen atoms in total. The fraction of sp³-hybridized carbons (Fsp3) is 0.562. The van der Waals surface area contributed by atoms with Gasteiger partial charge in [0.05, 0.1) is 16.8 Å². The first kappa shape index (κ1) is 16.1. The minimum absolute atomic E-state index is 0.0518. The number of nitrogen functional groups attached to an aromatic ring is 1. The minimum atomic E-state index is -0.202. The van der Waals surface area contributed by atoms with E-state index < -0.39 is 0 Å². The smallest absolute Gasteiger partial charge is 0.250 e. The Morgan fingerprint density at radius 3 is 2.76 bits per heavy atom.